The van der Waals surface area contributed by atoms with Crippen LogP contribution in [0.4, 0.5) is 0 Å². The van der Waals surface area contributed by atoms with E-state index in [1.807, 2.05) is 42.5 Å². The van der Waals surface area contributed by atoms with Crippen LogP contribution in [0.25, 0.3) is 21.5 Å². The molecule has 0 atom stereocenters. The monoisotopic (exact) mass is 562 g/mol. The van der Waals surface area contributed by atoms with Crippen molar-refractivity contribution in [3.05, 3.63) is 94.5 Å². The van der Waals surface area contributed by atoms with Gasteiger partial charge in [-0.05, 0) is 66.0 Å². The van der Waals surface area contributed by atoms with Crippen molar-refractivity contribution >= 4 is 45.2 Å². The fraction of sp³-hybridized carbons (Fsp3) is 0.294. The summed E-state index contributed by atoms with van der Waals surface area (Å²) in [6, 6.07) is 20.7. The second kappa shape index (κ2) is 11.5. The van der Waals surface area contributed by atoms with E-state index in [4.69, 9.17) is 0 Å². The van der Waals surface area contributed by atoms with E-state index in [1.165, 1.54) is 9.80 Å². The Kier molecular flexibility index (Phi) is 7.58. The molecule has 8 nitrogen and oxygen atoms in total. The molecule has 0 aliphatic carbocycles. The van der Waals surface area contributed by atoms with Gasteiger partial charge in [0.1, 0.15) is 0 Å². The second-order valence-corrected chi connectivity index (χ2v) is 11.2. The van der Waals surface area contributed by atoms with Gasteiger partial charge in [0, 0.05) is 59.2 Å². The maximum absolute atomic E-state index is 13.3. The van der Waals surface area contributed by atoms with Crippen LogP contribution in [0.1, 0.15) is 73.2 Å². The molecule has 2 heterocycles. The molecule has 2 aliphatic heterocycles. The highest BCUT2D eigenvalue weighted by molar-refractivity contribution is 6.26. The van der Waals surface area contributed by atoms with Crippen LogP contribution in [0.5, 0.6) is 0 Å². The minimum atomic E-state index is -0.256. The molecule has 2 N–H and O–H groups in total. The molecule has 0 unspecified atom stereocenters. The molecule has 214 valence electrons. The molecule has 0 fully saturated rings. The highest BCUT2D eigenvalue weighted by Crippen LogP contribution is 2.33. The van der Waals surface area contributed by atoms with Crippen LogP contribution in [0.3, 0.4) is 0 Å². The van der Waals surface area contributed by atoms with Crippen LogP contribution < -0.4 is 10.6 Å². The maximum atomic E-state index is 13.3. The van der Waals surface area contributed by atoms with E-state index in [0.717, 1.165) is 33.5 Å². The first-order valence-electron chi connectivity index (χ1n) is 14.6. The zero-order chi connectivity index (χ0) is 29.4. The number of carbonyl (C=O) groups is 4. The van der Waals surface area contributed by atoms with Gasteiger partial charge in [-0.1, -0.05) is 56.3 Å². The van der Waals surface area contributed by atoms with Gasteiger partial charge in [-0.2, -0.15) is 0 Å². The molecule has 0 aromatic heterocycles. The van der Waals surface area contributed by atoms with Gasteiger partial charge < -0.3 is 10.6 Å². The van der Waals surface area contributed by atoms with Crippen molar-refractivity contribution in [1.82, 2.24) is 20.4 Å². The summed E-state index contributed by atoms with van der Waals surface area (Å²) in [5.41, 5.74) is 3.39. The molecule has 0 spiro atoms. The van der Waals surface area contributed by atoms with Gasteiger partial charge in [0.05, 0.1) is 0 Å². The first-order chi connectivity index (χ1) is 20.4. The molecule has 6 rings (SSSR count). The number of benzene rings is 4. The van der Waals surface area contributed by atoms with Gasteiger partial charge in [-0.25, -0.2) is 0 Å². The summed E-state index contributed by atoms with van der Waals surface area (Å²) >= 11 is 0. The number of nitrogens with one attached hydrogen (secondary N) is 2. The fourth-order valence-corrected chi connectivity index (χ4v) is 5.97. The highest BCUT2D eigenvalue weighted by Gasteiger charge is 2.33. The van der Waals surface area contributed by atoms with E-state index >= 15 is 0 Å². The predicted octanol–water partition coefficient (Wildman–Crippen LogP) is 4.58. The van der Waals surface area contributed by atoms with Gasteiger partial charge in [0.2, 0.25) is 0 Å². The van der Waals surface area contributed by atoms with Crippen molar-refractivity contribution in [2.75, 3.05) is 39.3 Å². The van der Waals surface area contributed by atoms with Crippen molar-refractivity contribution in [1.29, 1.82) is 0 Å². The molecule has 4 aromatic rings. The van der Waals surface area contributed by atoms with Gasteiger partial charge in [-0.15, -0.1) is 0 Å². The Morgan fingerprint density at radius 1 is 0.571 bits per heavy atom. The molecule has 4 aromatic carbocycles. The molecule has 0 radical (unpaired) electrons. The van der Waals surface area contributed by atoms with Gasteiger partial charge >= 0.3 is 0 Å². The Bertz CT molecular complexity index is 1690. The molecule has 4 amide bonds. The van der Waals surface area contributed by atoms with Crippen LogP contribution in [0.2, 0.25) is 0 Å². The van der Waals surface area contributed by atoms with Crippen molar-refractivity contribution in [2.45, 2.75) is 26.2 Å². The first kappa shape index (κ1) is 27.8. The smallest absolute Gasteiger partial charge is 0.261 e. The minimum Gasteiger partial charge on any atom is -0.315 e. The molecular formula is C34H34N4O4. The van der Waals surface area contributed by atoms with E-state index in [1.54, 1.807) is 18.2 Å². The Hall–Kier alpha value is -4.40. The molecule has 0 bridgehead atoms. The normalized spacial score (nSPS) is 14.6. The topological polar surface area (TPSA) is 98.8 Å². The van der Waals surface area contributed by atoms with E-state index in [0.29, 0.717) is 61.5 Å². The summed E-state index contributed by atoms with van der Waals surface area (Å²) < 4.78 is 0. The number of hydrogen-bond donors (Lipinski definition) is 2. The largest absolute Gasteiger partial charge is 0.315 e. The number of carbonyl (C=O) groups excluding carboxylic acids is 4. The van der Waals surface area contributed by atoms with Crippen LogP contribution in [-0.2, 0) is 0 Å². The summed E-state index contributed by atoms with van der Waals surface area (Å²) in [5, 5.41) is 9.94. The first-order valence-corrected chi connectivity index (χ1v) is 14.6. The predicted molar refractivity (Wildman–Crippen MR) is 163 cm³/mol. The molecule has 0 saturated carbocycles. The van der Waals surface area contributed by atoms with Crippen LogP contribution in [0, 0.1) is 0 Å². The second-order valence-electron chi connectivity index (χ2n) is 11.2. The van der Waals surface area contributed by atoms with Crippen molar-refractivity contribution in [3.63, 3.8) is 0 Å². The molecule has 2 aliphatic rings. The lowest BCUT2D eigenvalue weighted by atomic mass is 9.89. The molecule has 42 heavy (non-hydrogen) atoms. The zero-order valence-electron chi connectivity index (χ0n) is 23.9. The highest BCUT2D eigenvalue weighted by atomic mass is 16.2. The van der Waals surface area contributed by atoms with Crippen molar-refractivity contribution in [3.8, 4) is 0 Å². The summed E-state index contributed by atoms with van der Waals surface area (Å²) in [6.07, 6.45) is 0.811. The average molecular weight is 563 g/mol. The van der Waals surface area contributed by atoms with E-state index in [-0.39, 0.29) is 29.5 Å². The van der Waals surface area contributed by atoms with E-state index in [2.05, 4.69) is 30.5 Å². The zero-order valence-corrected chi connectivity index (χ0v) is 23.9. The summed E-state index contributed by atoms with van der Waals surface area (Å²) in [6.45, 7) is 7.16. The summed E-state index contributed by atoms with van der Waals surface area (Å²) in [4.78, 5) is 55.2. The third kappa shape index (κ3) is 4.86. The SMILES string of the molecule is CC(C)c1cc2c3c(cccc3c1)C(=O)N(CCNCCCNCCN1C(=O)c3cccc4cccc(c34)C1=O)C2=O. The lowest BCUT2D eigenvalue weighted by molar-refractivity contribution is 0.0597. The van der Waals surface area contributed by atoms with Gasteiger partial charge in [-0.3, -0.25) is 29.0 Å². The number of hydrogen-bond acceptors (Lipinski definition) is 6. The third-order valence-electron chi connectivity index (χ3n) is 8.20. The number of rotatable bonds is 11. The number of imide groups is 2. The Labute approximate surface area is 244 Å². The summed E-state index contributed by atoms with van der Waals surface area (Å²) in [5.74, 6) is -0.728. The lowest BCUT2D eigenvalue weighted by Gasteiger charge is -2.28. The minimum absolute atomic E-state index is 0.240. The van der Waals surface area contributed by atoms with Crippen molar-refractivity contribution in [2.24, 2.45) is 0 Å². The van der Waals surface area contributed by atoms with Gasteiger partial charge in [0.25, 0.3) is 23.6 Å². The molecular weight excluding hydrogens is 528 g/mol. The maximum Gasteiger partial charge on any atom is 0.261 e. The third-order valence-corrected chi connectivity index (χ3v) is 8.20. The Morgan fingerprint density at radius 2 is 1.02 bits per heavy atom. The molecule has 8 heteroatoms. The number of nitrogens with zero attached hydrogens (tertiary/aromatic N) is 2. The van der Waals surface area contributed by atoms with Crippen LogP contribution in [-0.4, -0.2) is 72.7 Å². The number of amides is 4. The Morgan fingerprint density at radius 3 is 1.52 bits per heavy atom. The Balaban J connectivity index is 0.959. The fourth-order valence-electron chi connectivity index (χ4n) is 5.97. The molecule has 0 saturated heterocycles. The quantitative estimate of drug-likeness (QED) is 0.205. The van der Waals surface area contributed by atoms with E-state index in [9.17, 15) is 19.2 Å². The standard InChI is InChI=1S/C34H34N4O4/c1-21(2)24-19-23-9-5-12-27-30(23)28(20-24)34(42)38(33(27)41)18-16-36-14-6-13-35-15-17-37-31(39)25-10-3-7-22-8-4-11-26(29(22)25)32(37)40/h3-5,7-12,19-21,35-36H,6,13-18H2,1-2H3. The summed E-state index contributed by atoms with van der Waals surface area (Å²) in [7, 11) is 0. The van der Waals surface area contributed by atoms with E-state index < -0.39 is 0 Å². The lowest BCUT2D eigenvalue weighted by Crippen LogP contribution is -2.44. The van der Waals surface area contributed by atoms with Crippen LogP contribution in [0.15, 0.2) is 66.7 Å². The van der Waals surface area contributed by atoms with Crippen LogP contribution >= 0.6 is 0 Å². The van der Waals surface area contributed by atoms with Gasteiger partial charge in [0.15, 0.2) is 0 Å². The average Bonchev–Trinajstić information content (AvgIpc) is 3.00. The van der Waals surface area contributed by atoms with Crippen molar-refractivity contribution < 1.29 is 19.2 Å².